The van der Waals surface area contributed by atoms with Gasteiger partial charge >= 0.3 is 0 Å². The Morgan fingerprint density at radius 3 is 3.04 bits per heavy atom. The molecular formula is C19H23N5O. The van der Waals surface area contributed by atoms with Gasteiger partial charge in [0.05, 0.1) is 23.2 Å². The summed E-state index contributed by atoms with van der Waals surface area (Å²) in [7, 11) is 0. The van der Waals surface area contributed by atoms with Crippen molar-refractivity contribution in [3.63, 3.8) is 0 Å². The van der Waals surface area contributed by atoms with Crippen molar-refractivity contribution < 1.29 is 5.11 Å². The molecule has 1 saturated heterocycles. The van der Waals surface area contributed by atoms with E-state index < -0.39 is 0 Å². The van der Waals surface area contributed by atoms with Gasteiger partial charge in [0, 0.05) is 31.9 Å². The molecule has 6 nitrogen and oxygen atoms in total. The number of aromatic amines is 1. The normalized spacial score (nSPS) is 19.3. The molecular weight excluding hydrogens is 314 g/mol. The highest BCUT2D eigenvalue weighted by atomic mass is 16.3. The van der Waals surface area contributed by atoms with Crippen LogP contribution in [0.5, 0.6) is 0 Å². The van der Waals surface area contributed by atoms with Crippen LogP contribution in [0.25, 0.3) is 10.9 Å². The first kappa shape index (κ1) is 16.1. The maximum atomic E-state index is 10.4. The van der Waals surface area contributed by atoms with Crippen LogP contribution in [0, 0.1) is 0 Å². The zero-order chi connectivity index (χ0) is 17.1. The smallest absolute Gasteiger partial charge is 0.137 e. The van der Waals surface area contributed by atoms with Gasteiger partial charge in [0.1, 0.15) is 5.82 Å². The minimum absolute atomic E-state index is 0.336. The number of fused-ring (bicyclic) bond motifs is 1. The van der Waals surface area contributed by atoms with Gasteiger partial charge in [-0.05, 0) is 24.5 Å². The van der Waals surface area contributed by atoms with Gasteiger partial charge < -0.3 is 10.4 Å². The van der Waals surface area contributed by atoms with E-state index in [1.807, 2.05) is 24.3 Å². The molecule has 1 fully saturated rings. The van der Waals surface area contributed by atoms with E-state index in [4.69, 9.17) is 0 Å². The molecule has 6 heteroatoms. The third kappa shape index (κ3) is 3.81. The largest absolute Gasteiger partial charge is 0.391 e. The minimum Gasteiger partial charge on any atom is -0.391 e. The Bertz CT molecular complexity index is 819. The van der Waals surface area contributed by atoms with Gasteiger partial charge in [-0.25, -0.2) is 4.98 Å². The number of rotatable bonds is 6. The Hall–Kier alpha value is -2.44. The van der Waals surface area contributed by atoms with E-state index in [1.165, 1.54) is 5.56 Å². The standard InChI is InChI=1S/C19H23N5O/c25-16(10-14-4-2-1-3-5-14)13-24-9-7-15(12-24)22-19-17-11-21-23-18(17)6-8-20-19/h1-6,8,11,15-16,25H,7,9-10,12-13H2,(H,20,22)(H,21,23). The number of nitrogens with one attached hydrogen (secondary N) is 2. The topological polar surface area (TPSA) is 77.1 Å². The van der Waals surface area contributed by atoms with Crippen molar-refractivity contribution >= 4 is 16.7 Å². The van der Waals surface area contributed by atoms with Gasteiger partial charge in [0.25, 0.3) is 0 Å². The number of aliphatic hydroxyl groups excluding tert-OH is 1. The van der Waals surface area contributed by atoms with Crippen LogP contribution >= 0.6 is 0 Å². The van der Waals surface area contributed by atoms with Crippen molar-refractivity contribution in [1.82, 2.24) is 20.1 Å². The van der Waals surface area contributed by atoms with Crippen molar-refractivity contribution in [2.75, 3.05) is 25.0 Å². The summed E-state index contributed by atoms with van der Waals surface area (Å²) in [6.45, 7) is 2.61. The molecule has 130 valence electrons. The second-order valence-electron chi connectivity index (χ2n) is 6.72. The van der Waals surface area contributed by atoms with E-state index in [1.54, 1.807) is 12.4 Å². The van der Waals surface area contributed by atoms with Gasteiger partial charge in [-0.2, -0.15) is 5.10 Å². The van der Waals surface area contributed by atoms with E-state index in [-0.39, 0.29) is 6.10 Å². The van der Waals surface area contributed by atoms with E-state index in [0.29, 0.717) is 19.0 Å². The van der Waals surface area contributed by atoms with Crippen LogP contribution in [0.2, 0.25) is 0 Å². The highest BCUT2D eigenvalue weighted by molar-refractivity contribution is 5.88. The third-order valence-electron chi connectivity index (χ3n) is 4.77. The minimum atomic E-state index is -0.336. The average molecular weight is 337 g/mol. The summed E-state index contributed by atoms with van der Waals surface area (Å²) in [6, 6.07) is 12.4. The number of anilines is 1. The fourth-order valence-electron chi connectivity index (χ4n) is 3.54. The summed E-state index contributed by atoms with van der Waals surface area (Å²) in [5, 5.41) is 22.0. The third-order valence-corrected chi connectivity index (χ3v) is 4.77. The van der Waals surface area contributed by atoms with Gasteiger partial charge in [0.15, 0.2) is 0 Å². The lowest BCUT2D eigenvalue weighted by Gasteiger charge is -2.20. The molecule has 2 unspecified atom stereocenters. The summed E-state index contributed by atoms with van der Waals surface area (Å²) < 4.78 is 0. The number of pyridine rings is 1. The van der Waals surface area contributed by atoms with Crippen molar-refractivity contribution in [3.05, 3.63) is 54.4 Å². The lowest BCUT2D eigenvalue weighted by Crippen LogP contribution is -2.33. The van der Waals surface area contributed by atoms with Gasteiger partial charge in [-0.15, -0.1) is 0 Å². The molecule has 0 bridgehead atoms. The number of aromatic nitrogens is 3. The lowest BCUT2D eigenvalue weighted by molar-refractivity contribution is 0.125. The predicted octanol–water partition coefficient (Wildman–Crippen LogP) is 2.05. The van der Waals surface area contributed by atoms with E-state index in [2.05, 4.69) is 37.5 Å². The number of hydrogen-bond donors (Lipinski definition) is 3. The van der Waals surface area contributed by atoms with Crippen LogP contribution in [-0.2, 0) is 6.42 Å². The summed E-state index contributed by atoms with van der Waals surface area (Å²) in [5.41, 5.74) is 2.17. The molecule has 0 aliphatic carbocycles. The number of aliphatic hydroxyl groups is 1. The van der Waals surface area contributed by atoms with Crippen LogP contribution < -0.4 is 5.32 Å². The zero-order valence-corrected chi connectivity index (χ0v) is 14.1. The molecule has 4 rings (SSSR count). The fourth-order valence-corrected chi connectivity index (χ4v) is 3.54. The van der Waals surface area contributed by atoms with E-state index in [0.717, 1.165) is 36.2 Å². The molecule has 0 radical (unpaired) electrons. The Morgan fingerprint density at radius 1 is 1.28 bits per heavy atom. The molecule has 2 aromatic heterocycles. The Balaban J connectivity index is 1.31. The molecule has 3 aromatic rings. The average Bonchev–Trinajstić information content (AvgIpc) is 3.25. The van der Waals surface area contributed by atoms with Crippen molar-refractivity contribution in [1.29, 1.82) is 0 Å². The molecule has 2 atom stereocenters. The quantitative estimate of drug-likeness (QED) is 0.642. The summed E-state index contributed by atoms with van der Waals surface area (Å²) >= 11 is 0. The molecule has 25 heavy (non-hydrogen) atoms. The number of nitrogens with zero attached hydrogens (tertiary/aromatic N) is 3. The van der Waals surface area contributed by atoms with E-state index in [9.17, 15) is 5.11 Å². The van der Waals surface area contributed by atoms with Crippen molar-refractivity contribution in [2.24, 2.45) is 0 Å². The first-order valence-corrected chi connectivity index (χ1v) is 8.77. The Morgan fingerprint density at radius 2 is 2.16 bits per heavy atom. The number of likely N-dealkylation sites (tertiary alicyclic amines) is 1. The van der Waals surface area contributed by atoms with Crippen LogP contribution in [0.15, 0.2) is 48.8 Å². The molecule has 1 aliphatic heterocycles. The molecule has 0 saturated carbocycles. The molecule has 1 aromatic carbocycles. The second-order valence-corrected chi connectivity index (χ2v) is 6.72. The first-order chi connectivity index (χ1) is 12.3. The zero-order valence-electron chi connectivity index (χ0n) is 14.1. The first-order valence-electron chi connectivity index (χ1n) is 8.77. The van der Waals surface area contributed by atoms with E-state index >= 15 is 0 Å². The number of H-pyrrole nitrogens is 1. The van der Waals surface area contributed by atoms with Gasteiger partial charge in [-0.1, -0.05) is 30.3 Å². The monoisotopic (exact) mass is 337 g/mol. The van der Waals surface area contributed by atoms with Crippen LogP contribution in [0.1, 0.15) is 12.0 Å². The Labute approximate surface area is 146 Å². The molecule has 1 aliphatic rings. The highest BCUT2D eigenvalue weighted by Gasteiger charge is 2.24. The van der Waals surface area contributed by atoms with Crippen LogP contribution in [-0.4, -0.2) is 57.0 Å². The van der Waals surface area contributed by atoms with Gasteiger partial charge in [-0.3, -0.25) is 10.00 Å². The highest BCUT2D eigenvalue weighted by Crippen LogP contribution is 2.21. The SMILES string of the molecule is OC(Cc1ccccc1)CN1CCC(Nc2nccc3[nH]ncc23)C1. The molecule has 3 N–H and O–H groups in total. The number of benzene rings is 1. The van der Waals surface area contributed by atoms with Crippen molar-refractivity contribution in [3.8, 4) is 0 Å². The predicted molar refractivity (Wildman–Crippen MR) is 98.5 cm³/mol. The maximum absolute atomic E-state index is 10.4. The summed E-state index contributed by atoms with van der Waals surface area (Å²) in [6.07, 6.45) is 5.01. The summed E-state index contributed by atoms with van der Waals surface area (Å²) in [5.74, 6) is 0.878. The maximum Gasteiger partial charge on any atom is 0.137 e. The van der Waals surface area contributed by atoms with Crippen LogP contribution in [0.4, 0.5) is 5.82 Å². The van der Waals surface area contributed by atoms with Gasteiger partial charge in [0.2, 0.25) is 0 Å². The number of hydrogen-bond acceptors (Lipinski definition) is 5. The molecule has 0 spiro atoms. The molecule has 0 amide bonds. The van der Waals surface area contributed by atoms with Crippen molar-refractivity contribution in [2.45, 2.75) is 25.0 Å². The Kier molecular flexibility index (Phi) is 4.63. The number of β-amino-alcohol motifs (C(OH)–C–C–N with tert-alkyl or cyclic N) is 1. The summed E-state index contributed by atoms with van der Waals surface area (Å²) in [4.78, 5) is 6.77. The fraction of sp³-hybridized carbons (Fsp3) is 0.368. The molecule has 3 heterocycles. The second kappa shape index (κ2) is 7.21. The lowest BCUT2D eigenvalue weighted by atomic mass is 10.1. The van der Waals surface area contributed by atoms with Crippen LogP contribution in [0.3, 0.4) is 0 Å².